The molecule has 0 radical (unpaired) electrons. The number of aromatic nitrogens is 2. The summed E-state index contributed by atoms with van der Waals surface area (Å²) in [5, 5.41) is 4.54. The predicted octanol–water partition coefficient (Wildman–Crippen LogP) is 5.56. The van der Waals surface area contributed by atoms with Gasteiger partial charge in [0.1, 0.15) is 17.7 Å². The number of sulfonamides is 1. The van der Waals surface area contributed by atoms with E-state index in [1.165, 1.54) is 34.4 Å². The quantitative estimate of drug-likeness (QED) is 0.225. The Balaban J connectivity index is 1.80. The van der Waals surface area contributed by atoms with Crippen molar-refractivity contribution in [2.45, 2.75) is 51.2 Å². The molecule has 2 heterocycles. The lowest BCUT2D eigenvalue weighted by molar-refractivity contribution is -0.141. The number of carbonyl (C=O) groups excluding carboxylic acids is 1. The van der Waals surface area contributed by atoms with Crippen molar-refractivity contribution < 1.29 is 31.8 Å². The van der Waals surface area contributed by atoms with E-state index >= 15 is 0 Å². The summed E-state index contributed by atoms with van der Waals surface area (Å²) in [5.41, 5.74) is 1.73. The van der Waals surface area contributed by atoms with E-state index < -0.39 is 27.9 Å². The van der Waals surface area contributed by atoms with Crippen molar-refractivity contribution in [2.24, 2.45) is 0 Å². The summed E-state index contributed by atoms with van der Waals surface area (Å²) < 4.78 is 61.9. The van der Waals surface area contributed by atoms with Crippen molar-refractivity contribution in [3.05, 3.63) is 64.6 Å². The molecule has 0 saturated heterocycles. The van der Waals surface area contributed by atoms with E-state index in [0.29, 0.717) is 29.1 Å². The lowest BCUT2D eigenvalue weighted by Gasteiger charge is -2.35. The molecule has 4 rings (SSSR count). The normalized spacial score (nSPS) is 15.4. The Bertz CT molecular complexity index is 1520. The van der Waals surface area contributed by atoms with Gasteiger partial charge in [-0.15, -0.1) is 5.10 Å². The maximum Gasteiger partial charge on any atom is 0.305 e. The Labute approximate surface area is 238 Å². The number of esters is 1. The first-order chi connectivity index (χ1) is 19.1. The van der Waals surface area contributed by atoms with Gasteiger partial charge in [0.2, 0.25) is 0 Å². The van der Waals surface area contributed by atoms with Crippen LogP contribution in [0.3, 0.4) is 0 Å². The van der Waals surface area contributed by atoms with Crippen LogP contribution in [0.15, 0.2) is 47.5 Å². The molecule has 9 nitrogen and oxygen atoms in total. The minimum absolute atomic E-state index is 0.00425. The number of carbonyl (C=O) groups is 1. The van der Waals surface area contributed by atoms with Gasteiger partial charge in [-0.05, 0) is 62.6 Å². The summed E-state index contributed by atoms with van der Waals surface area (Å²) in [6, 6.07) is 9.52. The highest BCUT2D eigenvalue weighted by atomic mass is 35.5. The van der Waals surface area contributed by atoms with Crippen LogP contribution in [0.5, 0.6) is 11.6 Å². The van der Waals surface area contributed by atoms with Crippen molar-refractivity contribution >= 4 is 44.9 Å². The molecule has 0 aliphatic carbocycles. The fourth-order valence-corrected chi connectivity index (χ4v) is 6.34. The zero-order valence-corrected chi connectivity index (χ0v) is 24.3. The average molecular weight is 592 g/mol. The van der Waals surface area contributed by atoms with Gasteiger partial charge < -0.3 is 14.2 Å². The number of benzene rings is 2. The lowest BCUT2D eigenvalue weighted by atomic mass is 10.0. The van der Waals surface area contributed by atoms with E-state index in [2.05, 4.69) is 5.10 Å². The Hall–Kier alpha value is -3.57. The minimum Gasteiger partial charge on any atom is -0.486 e. The van der Waals surface area contributed by atoms with Crippen LogP contribution >= 0.6 is 11.6 Å². The molecule has 0 amide bonds. The van der Waals surface area contributed by atoms with Crippen molar-refractivity contribution in [1.29, 1.82) is 0 Å². The number of allylic oxidation sites excluding steroid dienone is 1. The van der Waals surface area contributed by atoms with Crippen LogP contribution in [0.4, 0.5) is 10.1 Å². The summed E-state index contributed by atoms with van der Waals surface area (Å²) in [5.74, 6) is -0.556. The molecule has 1 atom stereocenters. The zero-order chi connectivity index (χ0) is 29.0. The molecule has 1 aromatic heterocycles. The van der Waals surface area contributed by atoms with E-state index in [0.717, 1.165) is 0 Å². The van der Waals surface area contributed by atoms with Crippen molar-refractivity contribution in [2.75, 3.05) is 24.6 Å². The molecule has 3 aromatic rings. The number of fused-ring (bicyclic) bond motifs is 1. The molecule has 0 fully saturated rings. The molecular weight excluding hydrogens is 561 g/mol. The zero-order valence-electron chi connectivity index (χ0n) is 22.7. The minimum atomic E-state index is -4.18. The molecule has 2 aromatic carbocycles. The van der Waals surface area contributed by atoms with Gasteiger partial charge in [0, 0.05) is 24.7 Å². The van der Waals surface area contributed by atoms with E-state index in [1.54, 1.807) is 44.2 Å². The molecule has 0 saturated carbocycles. The maximum atomic E-state index is 14.5. The second-order valence-electron chi connectivity index (χ2n) is 9.13. The highest BCUT2D eigenvalue weighted by molar-refractivity contribution is 7.93. The average Bonchev–Trinajstić information content (AvgIpc) is 3.35. The summed E-state index contributed by atoms with van der Waals surface area (Å²) >= 11 is 6.25. The first kappa shape index (κ1) is 29.4. The fraction of sp³-hybridized carbons (Fsp3) is 0.357. The first-order valence-corrected chi connectivity index (χ1v) is 14.6. The summed E-state index contributed by atoms with van der Waals surface area (Å²) in [4.78, 5) is 11.7. The molecule has 0 bridgehead atoms. The summed E-state index contributed by atoms with van der Waals surface area (Å²) in [6.45, 7) is 5.94. The van der Waals surface area contributed by atoms with Crippen LogP contribution in [0, 0.1) is 5.82 Å². The number of anilines is 1. The van der Waals surface area contributed by atoms with Crippen LogP contribution in [0.2, 0.25) is 5.02 Å². The van der Waals surface area contributed by atoms with Gasteiger partial charge in [0.25, 0.3) is 15.9 Å². The third-order valence-electron chi connectivity index (χ3n) is 6.42. The highest BCUT2D eigenvalue weighted by Gasteiger charge is 2.38. The molecule has 1 aliphatic rings. The largest absolute Gasteiger partial charge is 0.486 e. The van der Waals surface area contributed by atoms with Crippen LogP contribution in [0.1, 0.15) is 44.7 Å². The van der Waals surface area contributed by atoms with Gasteiger partial charge in [-0.25, -0.2) is 12.8 Å². The van der Waals surface area contributed by atoms with Gasteiger partial charge in [-0.2, -0.15) is 0 Å². The van der Waals surface area contributed by atoms with E-state index in [9.17, 15) is 17.6 Å². The topological polar surface area (TPSA) is 100.0 Å². The standard InChI is InChI=1S/C28H31ClFN3O6S/c1-5-32-17-25(28(31-32)38-6-2)40(35,36)33-16-20(11-13-26(34)37-4)39-24-12-10-19(15-23(24)33)14-18(3)27-21(29)8-7-9-22(27)30/h7-10,12,14-15,17,20H,5-6,11,13,16H2,1-4H3. The Morgan fingerprint density at radius 3 is 2.73 bits per heavy atom. The van der Waals surface area contributed by atoms with E-state index in [-0.39, 0.29) is 47.4 Å². The van der Waals surface area contributed by atoms with Gasteiger partial charge in [-0.3, -0.25) is 13.8 Å². The van der Waals surface area contributed by atoms with Gasteiger partial charge in [0.15, 0.2) is 4.90 Å². The third-order valence-corrected chi connectivity index (χ3v) is 8.50. The molecule has 1 aliphatic heterocycles. The number of hydrogen-bond donors (Lipinski definition) is 0. The second kappa shape index (κ2) is 12.3. The number of methoxy groups -OCH3 is 1. The molecule has 1 unspecified atom stereocenters. The number of halogens is 2. The van der Waals surface area contributed by atoms with E-state index in [1.807, 2.05) is 6.92 Å². The fourth-order valence-electron chi connectivity index (χ4n) is 4.45. The molecule has 40 heavy (non-hydrogen) atoms. The number of ether oxygens (including phenoxy) is 3. The first-order valence-electron chi connectivity index (χ1n) is 12.8. The summed E-state index contributed by atoms with van der Waals surface area (Å²) in [7, 11) is -2.88. The lowest BCUT2D eigenvalue weighted by Crippen LogP contribution is -2.43. The Kier molecular flexibility index (Phi) is 9.05. The summed E-state index contributed by atoms with van der Waals surface area (Å²) in [6.07, 6.45) is 2.86. The number of hydrogen-bond acceptors (Lipinski definition) is 7. The number of nitrogens with zero attached hydrogens (tertiary/aromatic N) is 3. The predicted molar refractivity (Wildman–Crippen MR) is 151 cm³/mol. The molecule has 12 heteroatoms. The molecule has 0 N–H and O–H groups in total. The Morgan fingerprint density at radius 2 is 2.05 bits per heavy atom. The highest BCUT2D eigenvalue weighted by Crippen LogP contribution is 2.41. The monoisotopic (exact) mass is 591 g/mol. The van der Waals surface area contributed by atoms with Crippen LogP contribution < -0.4 is 13.8 Å². The molecule has 0 spiro atoms. The smallest absolute Gasteiger partial charge is 0.305 e. The van der Waals surface area contributed by atoms with Gasteiger partial charge in [0.05, 0.1) is 31.0 Å². The van der Waals surface area contributed by atoms with Crippen molar-refractivity contribution in [3.8, 4) is 11.6 Å². The van der Waals surface area contributed by atoms with Gasteiger partial charge in [-0.1, -0.05) is 29.8 Å². The number of aryl methyl sites for hydroxylation is 1. The van der Waals surface area contributed by atoms with Gasteiger partial charge >= 0.3 is 5.97 Å². The SMILES string of the molecule is CCOc1nn(CC)cc1S(=O)(=O)N1CC(CCC(=O)OC)Oc2ccc(C=C(C)c3c(F)cccc3Cl)cc21. The maximum absolute atomic E-state index is 14.5. The second-order valence-corrected chi connectivity index (χ2v) is 11.4. The van der Waals surface area contributed by atoms with Crippen LogP contribution in [0.25, 0.3) is 11.6 Å². The van der Waals surface area contributed by atoms with Crippen molar-refractivity contribution in [3.63, 3.8) is 0 Å². The molecule has 214 valence electrons. The Morgan fingerprint density at radius 1 is 1.27 bits per heavy atom. The van der Waals surface area contributed by atoms with E-state index in [4.69, 9.17) is 25.8 Å². The van der Waals surface area contributed by atoms with Crippen molar-refractivity contribution in [1.82, 2.24) is 9.78 Å². The number of rotatable bonds is 10. The molecular formula is C28H31ClFN3O6S. The van der Waals surface area contributed by atoms with Crippen LogP contribution in [-0.2, 0) is 26.1 Å². The third kappa shape index (κ3) is 6.10. The van der Waals surface area contributed by atoms with Crippen LogP contribution in [-0.4, -0.2) is 50.5 Å².